The Bertz CT molecular complexity index is 1040. The number of nitrogens with one attached hydrogen (secondary N) is 1. The average molecular weight is 410 g/mol. The monoisotopic (exact) mass is 410 g/mol. The molecule has 2 amide bonds. The number of pyridine rings is 1. The molecule has 1 fully saturated rings. The van der Waals surface area contributed by atoms with E-state index in [4.69, 9.17) is 10.5 Å². The summed E-state index contributed by atoms with van der Waals surface area (Å²) in [5, 5.41) is 1.13. The van der Waals surface area contributed by atoms with Crippen molar-refractivity contribution in [1.29, 1.82) is 0 Å². The van der Waals surface area contributed by atoms with E-state index in [-0.39, 0.29) is 17.7 Å². The summed E-state index contributed by atoms with van der Waals surface area (Å²) in [5.74, 6) is 0.433. The molecule has 0 saturated carbocycles. The third-order valence-electron chi connectivity index (χ3n) is 4.92. The summed E-state index contributed by atoms with van der Waals surface area (Å²) in [7, 11) is 0. The van der Waals surface area contributed by atoms with E-state index in [1.54, 1.807) is 17.8 Å². The lowest BCUT2D eigenvalue weighted by molar-refractivity contribution is -0.130. The van der Waals surface area contributed by atoms with E-state index >= 15 is 0 Å². The summed E-state index contributed by atoms with van der Waals surface area (Å²) in [5.41, 5.74) is 6.51. The molecular weight excluding hydrogens is 388 g/mol. The number of nitrogens with two attached hydrogens (primary N) is 1. The van der Waals surface area contributed by atoms with Crippen LogP contribution in [0, 0.1) is 0 Å². The number of piperidine rings is 1. The summed E-state index contributed by atoms with van der Waals surface area (Å²) in [6.45, 7) is 1.26. The van der Waals surface area contributed by atoms with Gasteiger partial charge in [0.2, 0.25) is 5.91 Å². The minimum atomic E-state index is -0.592. The molecule has 29 heavy (non-hydrogen) atoms. The number of primary amides is 1. The van der Waals surface area contributed by atoms with Gasteiger partial charge in [-0.3, -0.25) is 14.6 Å². The smallest absolute Gasteiger partial charge is 0.267 e. The van der Waals surface area contributed by atoms with Crippen molar-refractivity contribution in [2.24, 2.45) is 5.73 Å². The number of nitrogens with zero attached hydrogens (tertiary/aromatic N) is 2. The topological polar surface area (TPSA) is 101 Å². The molecule has 150 valence electrons. The molecule has 1 aromatic carbocycles. The molecule has 3 aromatic rings. The molecule has 1 saturated heterocycles. The number of amides is 2. The molecule has 0 radical (unpaired) electrons. The standard InChI is InChI=1S/C21H22N4O3S/c22-21(27)18-10-14(7-8-23-18)28-15-4-3-9-25(12-15)20(26)13-29-19-11-24-17-6-2-1-5-16(17)19/h1-2,5-8,10-11,15,24H,3-4,9,12-13H2,(H2,22,27). The molecule has 3 N–H and O–H groups in total. The third kappa shape index (κ3) is 4.54. The quantitative estimate of drug-likeness (QED) is 0.609. The number of benzene rings is 1. The number of ether oxygens (including phenoxy) is 1. The fourth-order valence-corrected chi connectivity index (χ4v) is 4.40. The number of hydrogen-bond donors (Lipinski definition) is 2. The van der Waals surface area contributed by atoms with E-state index in [0.29, 0.717) is 18.0 Å². The van der Waals surface area contributed by atoms with Crippen molar-refractivity contribution in [1.82, 2.24) is 14.9 Å². The van der Waals surface area contributed by atoms with Crippen molar-refractivity contribution >= 4 is 34.5 Å². The fourth-order valence-electron chi connectivity index (χ4n) is 3.47. The highest BCUT2D eigenvalue weighted by atomic mass is 32.2. The van der Waals surface area contributed by atoms with Crippen LogP contribution in [0.5, 0.6) is 5.75 Å². The second-order valence-corrected chi connectivity index (χ2v) is 7.97. The minimum absolute atomic E-state index is 0.0983. The normalized spacial score (nSPS) is 16.7. The van der Waals surface area contributed by atoms with Crippen LogP contribution in [-0.4, -0.2) is 51.6 Å². The second-order valence-electron chi connectivity index (χ2n) is 6.95. The number of carbonyl (C=O) groups excluding carboxylic acids is 2. The Kier molecular flexibility index (Phi) is 5.71. The Morgan fingerprint density at radius 2 is 2.17 bits per heavy atom. The molecule has 8 heteroatoms. The number of para-hydroxylation sites is 1. The van der Waals surface area contributed by atoms with Crippen molar-refractivity contribution in [3.05, 3.63) is 54.5 Å². The van der Waals surface area contributed by atoms with Gasteiger partial charge in [0.15, 0.2) is 0 Å². The van der Waals surface area contributed by atoms with Gasteiger partial charge in [0, 0.05) is 40.8 Å². The number of H-pyrrole nitrogens is 1. The maximum atomic E-state index is 12.7. The molecule has 3 heterocycles. The van der Waals surface area contributed by atoms with Gasteiger partial charge in [0.05, 0.1) is 12.3 Å². The van der Waals surface area contributed by atoms with Crippen molar-refractivity contribution in [2.45, 2.75) is 23.8 Å². The van der Waals surface area contributed by atoms with E-state index < -0.39 is 5.91 Å². The van der Waals surface area contributed by atoms with Gasteiger partial charge < -0.3 is 20.4 Å². The molecule has 1 unspecified atom stereocenters. The lowest BCUT2D eigenvalue weighted by Crippen LogP contribution is -2.45. The van der Waals surface area contributed by atoms with Crippen molar-refractivity contribution < 1.29 is 14.3 Å². The average Bonchev–Trinajstić information content (AvgIpc) is 3.15. The van der Waals surface area contributed by atoms with Crippen LogP contribution in [0.4, 0.5) is 0 Å². The molecular formula is C21H22N4O3S. The first kappa shape index (κ1) is 19.3. The number of thioether (sulfide) groups is 1. The largest absolute Gasteiger partial charge is 0.488 e. The van der Waals surface area contributed by atoms with Crippen LogP contribution in [0.15, 0.2) is 53.7 Å². The maximum Gasteiger partial charge on any atom is 0.267 e. The van der Waals surface area contributed by atoms with Crippen molar-refractivity contribution in [3.8, 4) is 5.75 Å². The lowest BCUT2D eigenvalue weighted by atomic mass is 10.1. The summed E-state index contributed by atoms with van der Waals surface area (Å²) in [6.07, 6.45) is 5.06. The van der Waals surface area contributed by atoms with Gasteiger partial charge in [0.25, 0.3) is 5.91 Å². The number of aromatic nitrogens is 2. The van der Waals surface area contributed by atoms with Gasteiger partial charge in [-0.2, -0.15) is 0 Å². The van der Waals surface area contributed by atoms with Crippen LogP contribution < -0.4 is 10.5 Å². The van der Waals surface area contributed by atoms with Crippen molar-refractivity contribution in [2.75, 3.05) is 18.8 Å². The van der Waals surface area contributed by atoms with E-state index in [1.165, 1.54) is 12.3 Å². The summed E-state index contributed by atoms with van der Waals surface area (Å²) < 4.78 is 5.98. The van der Waals surface area contributed by atoms with Crippen LogP contribution in [0.25, 0.3) is 10.9 Å². The molecule has 7 nitrogen and oxygen atoms in total. The second kappa shape index (κ2) is 8.57. The summed E-state index contributed by atoms with van der Waals surface area (Å²) in [4.78, 5) is 34.1. The summed E-state index contributed by atoms with van der Waals surface area (Å²) >= 11 is 1.55. The van der Waals surface area contributed by atoms with Gasteiger partial charge in [0.1, 0.15) is 17.5 Å². The number of fused-ring (bicyclic) bond motifs is 1. The number of aromatic amines is 1. The molecule has 1 aliphatic rings. The SMILES string of the molecule is NC(=O)c1cc(OC2CCCN(C(=O)CSc3c[nH]c4ccccc34)C2)ccn1. The molecule has 4 rings (SSSR count). The number of rotatable bonds is 6. The zero-order chi connectivity index (χ0) is 20.2. The highest BCUT2D eigenvalue weighted by Crippen LogP contribution is 2.28. The number of hydrogen-bond acceptors (Lipinski definition) is 5. The highest BCUT2D eigenvalue weighted by Gasteiger charge is 2.25. The van der Waals surface area contributed by atoms with Gasteiger partial charge in [-0.25, -0.2) is 0 Å². The molecule has 0 aliphatic carbocycles. The number of carbonyl (C=O) groups is 2. The first-order valence-corrected chi connectivity index (χ1v) is 10.5. The van der Waals surface area contributed by atoms with E-state index in [1.807, 2.05) is 29.3 Å². The fraction of sp³-hybridized carbons (Fsp3) is 0.286. The zero-order valence-electron chi connectivity index (χ0n) is 15.8. The van der Waals surface area contributed by atoms with E-state index in [2.05, 4.69) is 16.0 Å². The molecule has 0 spiro atoms. The Labute approximate surface area is 172 Å². The first-order valence-electron chi connectivity index (χ1n) is 9.49. The third-order valence-corrected chi connectivity index (χ3v) is 5.96. The Balaban J connectivity index is 1.34. The van der Waals surface area contributed by atoms with Crippen molar-refractivity contribution in [3.63, 3.8) is 0 Å². The van der Waals surface area contributed by atoms with E-state index in [0.717, 1.165) is 35.2 Å². The molecule has 1 atom stereocenters. The first-order chi connectivity index (χ1) is 14.1. The molecule has 2 aromatic heterocycles. The Hall–Kier alpha value is -3.00. The maximum absolute atomic E-state index is 12.7. The van der Waals surface area contributed by atoms with Gasteiger partial charge >= 0.3 is 0 Å². The molecule has 0 bridgehead atoms. The van der Waals surface area contributed by atoms with Crippen LogP contribution in [0.3, 0.4) is 0 Å². The lowest BCUT2D eigenvalue weighted by Gasteiger charge is -2.33. The zero-order valence-corrected chi connectivity index (χ0v) is 16.7. The molecule has 1 aliphatic heterocycles. The Morgan fingerprint density at radius 1 is 1.31 bits per heavy atom. The predicted octanol–water partition coefficient (Wildman–Crippen LogP) is 2.82. The van der Waals surface area contributed by atoms with E-state index in [9.17, 15) is 9.59 Å². The van der Waals surface area contributed by atoms with Crippen LogP contribution in [-0.2, 0) is 4.79 Å². The van der Waals surface area contributed by atoms with Crippen LogP contribution in [0.1, 0.15) is 23.3 Å². The number of likely N-dealkylation sites (tertiary alicyclic amines) is 1. The minimum Gasteiger partial charge on any atom is -0.488 e. The predicted molar refractivity (Wildman–Crippen MR) is 112 cm³/mol. The van der Waals surface area contributed by atoms with Crippen LogP contribution >= 0.6 is 11.8 Å². The Morgan fingerprint density at radius 3 is 3.03 bits per heavy atom. The summed E-state index contributed by atoms with van der Waals surface area (Å²) in [6, 6.07) is 11.3. The van der Waals surface area contributed by atoms with Gasteiger partial charge in [-0.15, -0.1) is 11.8 Å². The van der Waals surface area contributed by atoms with Gasteiger partial charge in [-0.05, 0) is 25.0 Å². The highest BCUT2D eigenvalue weighted by molar-refractivity contribution is 8.00. The van der Waals surface area contributed by atoms with Crippen LogP contribution in [0.2, 0.25) is 0 Å². The van der Waals surface area contributed by atoms with Gasteiger partial charge in [-0.1, -0.05) is 18.2 Å².